The van der Waals surface area contributed by atoms with Crippen LogP contribution >= 0.6 is 11.6 Å². The van der Waals surface area contributed by atoms with Gasteiger partial charge in [0.1, 0.15) is 0 Å². The molecule has 0 saturated heterocycles. The van der Waals surface area contributed by atoms with Crippen molar-refractivity contribution in [2.75, 3.05) is 41.0 Å². The summed E-state index contributed by atoms with van der Waals surface area (Å²) in [6, 6.07) is 3.73. The smallest absolute Gasteiger partial charge is 0.179 e. The molecule has 0 aliphatic carbocycles. The zero-order chi connectivity index (χ0) is 14.1. The van der Waals surface area contributed by atoms with Crippen LogP contribution in [-0.4, -0.2) is 41.0 Å². The minimum absolute atomic E-state index is 0.536. The van der Waals surface area contributed by atoms with Crippen LogP contribution in [-0.2, 0) is 4.74 Å². The SMILES string of the molecule is COCCNCC=Cc1cc(Cl)c(OC)c(OC)c1. The average molecular weight is 286 g/mol. The Morgan fingerprint density at radius 2 is 2.00 bits per heavy atom. The van der Waals surface area contributed by atoms with Crippen molar-refractivity contribution in [3.8, 4) is 11.5 Å². The summed E-state index contributed by atoms with van der Waals surface area (Å²) < 4.78 is 15.4. The predicted octanol–water partition coefficient (Wildman–Crippen LogP) is 2.61. The van der Waals surface area contributed by atoms with Gasteiger partial charge in [-0.3, -0.25) is 0 Å². The van der Waals surface area contributed by atoms with E-state index in [-0.39, 0.29) is 0 Å². The highest BCUT2D eigenvalue weighted by Crippen LogP contribution is 2.36. The van der Waals surface area contributed by atoms with Crippen molar-refractivity contribution in [1.29, 1.82) is 0 Å². The summed E-state index contributed by atoms with van der Waals surface area (Å²) >= 11 is 6.12. The van der Waals surface area contributed by atoms with Gasteiger partial charge in [0.25, 0.3) is 0 Å². The van der Waals surface area contributed by atoms with Crippen molar-refractivity contribution >= 4 is 17.7 Å². The zero-order valence-electron chi connectivity index (χ0n) is 11.5. The van der Waals surface area contributed by atoms with Crippen LogP contribution in [0.15, 0.2) is 18.2 Å². The lowest BCUT2D eigenvalue weighted by Crippen LogP contribution is -2.18. The fraction of sp³-hybridized carbons (Fsp3) is 0.429. The van der Waals surface area contributed by atoms with Gasteiger partial charge in [0, 0.05) is 20.2 Å². The first-order chi connectivity index (χ1) is 9.22. The summed E-state index contributed by atoms with van der Waals surface area (Å²) in [5.74, 6) is 1.18. The van der Waals surface area contributed by atoms with Gasteiger partial charge in [0.15, 0.2) is 11.5 Å². The lowest BCUT2D eigenvalue weighted by atomic mass is 10.2. The highest BCUT2D eigenvalue weighted by atomic mass is 35.5. The van der Waals surface area contributed by atoms with Crippen molar-refractivity contribution in [3.05, 3.63) is 28.8 Å². The maximum atomic E-state index is 6.12. The first-order valence-corrected chi connectivity index (χ1v) is 6.38. The monoisotopic (exact) mass is 285 g/mol. The molecule has 0 bridgehead atoms. The zero-order valence-corrected chi connectivity index (χ0v) is 12.3. The number of benzene rings is 1. The van der Waals surface area contributed by atoms with Crippen LogP contribution in [0.5, 0.6) is 11.5 Å². The third kappa shape index (κ3) is 5.11. The summed E-state index contributed by atoms with van der Waals surface area (Å²) in [5.41, 5.74) is 0.969. The van der Waals surface area contributed by atoms with Crippen LogP contribution in [0.3, 0.4) is 0 Å². The first kappa shape index (κ1) is 15.8. The number of rotatable bonds is 8. The molecule has 0 atom stereocenters. The van der Waals surface area contributed by atoms with Gasteiger partial charge >= 0.3 is 0 Å². The largest absolute Gasteiger partial charge is 0.493 e. The van der Waals surface area contributed by atoms with Gasteiger partial charge in [0.2, 0.25) is 0 Å². The second-order valence-electron chi connectivity index (χ2n) is 3.84. The van der Waals surface area contributed by atoms with Gasteiger partial charge in [-0.2, -0.15) is 0 Å². The van der Waals surface area contributed by atoms with Crippen LogP contribution in [0, 0.1) is 0 Å². The standard InChI is InChI=1S/C14H20ClNO3/c1-17-8-7-16-6-4-5-11-9-12(15)14(19-3)13(10-11)18-2/h4-5,9-10,16H,6-8H2,1-3H3. The Kier molecular flexibility index (Phi) is 7.33. The predicted molar refractivity (Wildman–Crippen MR) is 78.3 cm³/mol. The number of hydrogen-bond donors (Lipinski definition) is 1. The van der Waals surface area contributed by atoms with E-state index in [0.29, 0.717) is 23.1 Å². The Hall–Kier alpha value is -1.23. The van der Waals surface area contributed by atoms with Gasteiger partial charge in [-0.1, -0.05) is 23.8 Å². The molecule has 19 heavy (non-hydrogen) atoms. The first-order valence-electron chi connectivity index (χ1n) is 6.00. The summed E-state index contributed by atoms with van der Waals surface area (Å²) in [4.78, 5) is 0. The van der Waals surface area contributed by atoms with Gasteiger partial charge in [-0.25, -0.2) is 0 Å². The minimum atomic E-state index is 0.536. The number of halogens is 1. The van der Waals surface area contributed by atoms with Crippen molar-refractivity contribution in [3.63, 3.8) is 0 Å². The molecule has 1 N–H and O–H groups in total. The molecule has 0 aliphatic rings. The third-order valence-electron chi connectivity index (χ3n) is 2.51. The van der Waals surface area contributed by atoms with Crippen molar-refractivity contribution in [1.82, 2.24) is 5.32 Å². The Morgan fingerprint density at radius 3 is 2.63 bits per heavy atom. The maximum Gasteiger partial charge on any atom is 0.179 e. The molecule has 0 aromatic heterocycles. The number of hydrogen-bond acceptors (Lipinski definition) is 4. The average Bonchev–Trinajstić information content (AvgIpc) is 2.42. The molecule has 0 heterocycles. The number of methoxy groups -OCH3 is 3. The topological polar surface area (TPSA) is 39.7 Å². The lowest BCUT2D eigenvalue weighted by molar-refractivity contribution is 0.200. The van der Waals surface area contributed by atoms with Gasteiger partial charge < -0.3 is 19.5 Å². The van der Waals surface area contributed by atoms with E-state index in [9.17, 15) is 0 Å². The summed E-state index contributed by atoms with van der Waals surface area (Å²) in [7, 11) is 4.84. The van der Waals surface area contributed by atoms with Gasteiger partial charge in [0.05, 0.1) is 25.8 Å². The highest BCUT2D eigenvalue weighted by molar-refractivity contribution is 6.32. The van der Waals surface area contributed by atoms with E-state index < -0.39 is 0 Å². The molecule has 0 unspecified atom stereocenters. The van der Waals surface area contributed by atoms with Crippen molar-refractivity contribution in [2.45, 2.75) is 0 Å². The third-order valence-corrected chi connectivity index (χ3v) is 2.79. The highest BCUT2D eigenvalue weighted by Gasteiger charge is 2.09. The van der Waals surface area contributed by atoms with Crippen LogP contribution < -0.4 is 14.8 Å². The molecule has 5 heteroatoms. The van der Waals surface area contributed by atoms with Crippen LogP contribution in [0.25, 0.3) is 6.08 Å². The second kappa shape index (κ2) is 8.80. The number of ether oxygens (including phenoxy) is 3. The molecule has 0 saturated carbocycles. The molecule has 106 valence electrons. The molecule has 4 nitrogen and oxygen atoms in total. The maximum absolute atomic E-state index is 6.12. The minimum Gasteiger partial charge on any atom is -0.493 e. The van der Waals surface area contributed by atoms with Crippen LogP contribution in [0.2, 0.25) is 5.02 Å². The van der Waals surface area contributed by atoms with E-state index in [4.69, 9.17) is 25.8 Å². The fourth-order valence-corrected chi connectivity index (χ4v) is 1.89. The molecule has 0 fully saturated rings. The van der Waals surface area contributed by atoms with E-state index in [1.54, 1.807) is 21.3 Å². The Balaban J connectivity index is 2.63. The summed E-state index contributed by atoms with van der Waals surface area (Å²) in [6.07, 6.45) is 4.00. The van der Waals surface area contributed by atoms with Gasteiger partial charge in [-0.15, -0.1) is 0 Å². The number of nitrogens with one attached hydrogen (secondary N) is 1. The fourth-order valence-electron chi connectivity index (χ4n) is 1.59. The van der Waals surface area contributed by atoms with Crippen molar-refractivity contribution in [2.24, 2.45) is 0 Å². The van der Waals surface area contributed by atoms with Crippen LogP contribution in [0.4, 0.5) is 0 Å². The van der Waals surface area contributed by atoms with E-state index in [0.717, 1.165) is 18.7 Å². The molecule has 0 aliphatic heterocycles. The molecule has 0 spiro atoms. The van der Waals surface area contributed by atoms with E-state index in [2.05, 4.69) is 5.32 Å². The molecule has 1 aromatic carbocycles. The molecular weight excluding hydrogens is 266 g/mol. The molecule has 1 aromatic rings. The van der Waals surface area contributed by atoms with E-state index in [1.807, 2.05) is 24.3 Å². The summed E-state index contributed by atoms with van der Waals surface area (Å²) in [6.45, 7) is 2.30. The van der Waals surface area contributed by atoms with E-state index >= 15 is 0 Å². The molecule has 0 radical (unpaired) electrons. The Bertz CT molecular complexity index is 421. The quantitative estimate of drug-likeness (QED) is 0.746. The molecule has 1 rings (SSSR count). The van der Waals surface area contributed by atoms with Crippen molar-refractivity contribution < 1.29 is 14.2 Å². The summed E-state index contributed by atoms with van der Waals surface area (Å²) in [5, 5.41) is 3.76. The Labute approximate surface area is 119 Å². The lowest BCUT2D eigenvalue weighted by Gasteiger charge is -2.10. The second-order valence-corrected chi connectivity index (χ2v) is 4.24. The van der Waals surface area contributed by atoms with Gasteiger partial charge in [-0.05, 0) is 17.7 Å². The molecule has 0 amide bonds. The molecular formula is C14H20ClNO3. The Morgan fingerprint density at radius 1 is 1.21 bits per heavy atom. The van der Waals surface area contributed by atoms with E-state index in [1.165, 1.54) is 0 Å². The van der Waals surface area contributed by atoms with Crippen LogP contribution in [0.1, 0.15) is 5.56 Å². The normalized spacial score (nSPS) is 10.9.